The fraction of sp³-hybridized carbons (Fsp3) is 0.0769. The lowest BCUT2D eigenvalue weighted by Gasteiger charge is -2.06. The van der Waals surface area contributed by atoms with Crippen LogP contribution in [-0.2, 0) is 0 Å². The molecule has 0 saturated heterocycles. The fourth-order valence-electron chi connectivity index (χ4n) is 1.49. The summed E-state index contributed by atoms with van der Waals surface area (Å²) in [6.45, 7) is 0.381. The number of nitro groups is 1. The van der Waals surface area contributed by atoms with Gasteiger partial charge in [-0.2, -0.15) is 0 Å². The molecule has 0 fully saturated rings. The Morgan fingerprint density at radius 1 is 1.32 bits per heavy atom. The number of nitro benzene ring substituents is 1. The van der Waals surface area contributed by atoms with Crippen LogP contribution in [0.3, 0.4) is 0 Å². The van der Waals surface area contributed by atoms with E-state index in [4.69, 9.17) is 0 Å². The zero-order valence-corrected chi connectivity index (χ0v) is 9.92. The van der Waals surface area contributed by atoms with Crippen LogP contribution < -0.4 is 10.6 Å². The van der Waals surface area contributed by atoms with Gasteiger partial charge in [0.15, 0.2) is 0 Å². The molecule has 2 N–H and O–H groups in total. The van der Waals surface area contributed by atoms with Crippen LogP contribution in [0.15, 0.2) is 53.8 Å². The number of urea groups is 1. The molecule has 6 heteroatoms. The molecule has 0 aromatic heterocycles. The van der Waals surface area contributed by atoms with Gasteiger partial charge in [0.2, 0.25) is 0 Å². The number of hydrogen-bond acceptors (Lipinski definition) is 3. The SMILES string of the molecule is O=C(NCC1=C=CC=C1)Nc1ccc([N+](=O)[O-])cc1. The molecule has 0 unspecified atom stereocenters. The number of nitrogens with zero attached hydrogens (tertiary/aromatic N) is 1. The third-order valence-corrected chi connectivity index (χ3v) is 2.44. The van der Waals surface area contributed by atoms with Crippen LogP contribution >= 0.6 is 0 Å². The molecule has 19 heavy (non-hydrogen) atoms. The van der Waals surface area contributed by atoms with E-state index >= 15 is 0 Å². The zero-order valence-electron chi connectivity index (χ0n) is 9.92. The Kier molecular flexibility index (Phi) is 3.75. The van der Waals surface area contributed by atoms with Crippen molar-refractivity contribution in [3.8, 4) is 0 Å². The highest BCUT2D eigenvalue weighted by Crippen LogP contribution is 2.15. The lowest BCUT2D eigenvalue weighted by Crippen LogP contribution is -2.29. The van der Waals surface area contributed by atoms with Gasteiger partial charge in [-0.15, -0.1) is 5.73 Å². The quantitative estimate of drug-likeness (QED) is 0.493. The number of hydrogen-bond donors (Lipinski definition) is 2. The molecule has 6 nitrogen and oxygen atoms in total. The standard InChI is InChI=1S/C13H11N3O3/c17-13(14-9-10-3-1-2-4-10)15-11-5-7-12(8-6-11)16(18)19/h1-3,5-8H,9H2,(H2,14,15,17). The van der Waals surface area contributed by atoms with Crippen LogP contribution in [0.2, 0.25) is 0 Å². The molecule has 1 aliphatic rings. The first-order chi connectivity index (χ1) is 9.15. The van der Waals surface area contributed by atoms with Crippen LogP contribution in [0.4, 0.5) is 16.2 Å². The molecule has 0 heterocycles. The summed E-state index contributed by atoms with van der Waals surface area (Å²) in [5, 5.41) is 15.7. The van der Waals surface area contributed by atoms with Crippen LogP contribution in [-0.4, -0.2) is 17.5 Å². The molecule has 1 aromatic rings. The van der Waals surface area contributed by atoms with Gasteiger partial charge in [-0.25, -0.2) is 4.79 Å². The van der Waals surface area contributed by atoms with Crippen molar-refractivity contribution < 1.29 is 9.72 Å². The van der Waals surface area contributed by atoms with E-state index in [1.54, 1.807) is 6.08 Å². The Morgan fingerprint density at radius 3 is 2.63 bits per heavy atom. The molecule has 0 spiro atoms. The summed E-state index contributed by atoms with van der Waals surface area (Å²) < 4.78 is 0. The molecular formula is C13H11N3O3. The first-order valence-corrected chi connectivity index (χ1v) is 5.57. The lowest BCUT2D eigenvalue weighted by atomic mass is 10.3. The first kappa shape index (κ1) is 12.6. The lowest BCUT2D eigenvalue weighted by molar-refractivity contribution is -0.384. The predicted molar refractivity (Wildman–Crippen MR) is 70.9 cm³/mol. The number of allylic oxidation sites excluding steroid dienone is 1. The summed E-state index contributed by atoms with van der Waals surface area (Å²) in [5.41, 5.74) is 4.33. The fourth-order valence-corrected chi connectivity index (χ4v) is 1.49. The van der Waals surface area contributed by atoms with Crippen molar-refractivity contribution in [2.75, 3.05) is 11.9 Å². The summed E-state index contributed by atoms with van der Waals surface area (Å²) in [5.74, 6) is 0. The van der Waals surface area contributed by atoms with Crippen molar-refractivity contribution in [2.24, 2.45) is 0 Å². The van der Waals surface area contributed by atoms with Gasteiger partial charge in [-0.05, 0) is 24.3 Å². The van der Waals surface area contributed by atoms with Crippen molar-refractivity contribution >= 4 is 17.4 Å². The van der Waals surface area contributed by atoms with Crippen LogP contribution in [0.1, 0.15) is 0 Å². The van der Waals surface area contributed by atoms with E-state index in [1.165, 1.54) is 24.3 Å². The maximum absolute atomic E-state index is 11.6. The molecule has 0 radical (unpaired) electrons. The van der Waals surface area contributed by atoms with E-state index in [2.05, 4.69) is 16.4 Å². The molecular weight excluding hydrogens is 246 g/mol. The maximum atomic E-state index is 11.6. The molecule has 0 aliphatic heterocycles. The van der Waals surface area contributed by atoms with Crippen LogP contribution in [0.25, 0.3) is 0 Å². The first-order valence-electron chi connectivity index (χ1n) is 5.57. The van der Waals surface area contributed by atoms with Crippen molar-refractivity contribution in [1.29, 1.82) is 0 Å². The molecule has 2 amide bonds. The van der Waals surface area contributed by atoms with Gasteiger partial charge in [0.1, 0.15) is 0 Å². The number of carbonyl (C=O) groups is 1. The number of carbonyl (C=O) groups excluding carboxylic acids is 1. The molecule has 96 valence electrons. The van der Waals surface area contributed by atoms with Gasteiger partial charge in [-0.1, -0.05) is 6.08 Å². The Hall–Kier alpha value is -2.85. The smallest absolute Gasteiger partial charge is 0.319 e. The summed E-state index contributed by atoms with van der Waals surface area (Å²) in [6.07, 6.45) is 5.46. The Labute approximate surface area is 109 Å². The summed E-state index contributed by atoms with van der Waals surface area (Å²) in [6, 6.07) is 5.25. The van der Waals surface area contributed by atoms with E-state index in [1.807, 2.05) is 12.2 Å². The zero-order chi connectivity index (χ0) is 13.7. The number of non-ortho nitro benzene ring substituents is 1. The largest absolute Gasteiger partial charge is 0.333 e. The van der Waals surface area contributed by atoms with Gasteiger partial charge in [-0.3, -0.25) is 10.1 Å². The van der Waals surface area contributed by atoms with Gasteiger partial charge in [0, 0.05) is 23.4 Å². The minimum atomic E-state index is -0.491. The maximum Gasteiger partial charge on any atom is 0.319 e. The van der Waals surface area contributed by atoms with E-state index in [-0.39, 0.29) is 11.7 Å². The summed E-state index contributed by atoms with van der Waals surface area (Å²) in [4.78, 5) is 21.5. The Bertz CT molecular complexity index is 596. The number of amides is 2. The molecule has 0 atom stereocenters. The highest BCUT2D eigenvalue weighted by molar-refractivity contribution is 5.89. The summed E-state index contributed by atoms with van der Waals surface area (Å²) >= 11 is 0. The van der Waals surface area contributed by atoms with E-state index in [0.29, 0.717) is 12.2 Å². The van der Waals surface area contributed by atoms with Gasteiger partial charge in [0.25, 0.3) is 5.69 Å². The third-order valence-electron chi connectivity index (χ3n) is 2.44. The number of anilines is 1. The monoisotopic (exact) mass is 257 g/mol. The number of nitrogens with one attached hydrogen (secondary N) is 2. The van der Waals surface area contributed by atoms with Gasteiger partial charge in [0.05, 0.1) is 11.5 Å². The van der Waals surface area contributed by atoms with Crippen molar-refractivity contribution in [3.63, 3.8) is 0 Å². The second-order valence-electron chi connectivity index (χ2n) is 3.81. The average molecular weight is 257 g/mol. The second-order valence-corrected chi connectivity index (χ2v) is 3.81. The normalized spacial score (nSPS) is 12.1. The number of benzene rings is 1. The van der Waals surface area contributed by atoms with Crippen LogP contribution in [0, 0.1) is 10.1 Å². The van der Waals surface area contributed by atoms with E-state index in [9.17, 15) is 14.9 Å². The second kappa shape index (κ2) is 5.66. The minimum absolute atomic E-state index is 0.0163. The van der Waals surface area contributed by atoms with Crippen molar-refractivity contribution in [3.05, 3.63) is 63.9 Å². The molecule has 0 saturated carbocycles. The Balaban J connectivity index is 1.86. The minimum Gasteiger partial charge on any atom is -0.333 e. The third kappa shape index (κ3) is 3.55. The predicted octanol–water partition coefficient (Wildman–Crippen LogP) is 2.37. The highest BCUT2D eigenvalue weighted by Gasteiger charge is 2.06. The van der Waals surface area contributed by atoms with Gasteiger partial charge < -0.3 is 10.6 Å². The molecule has 2 rings (SSSR count). The molecule has 1 aliphatic carbocycles. The summed E-state index contributed by atoms with van der Waals surface area (Å²) in [7, 11) is 0. The highest BCUT2D eigenvalue weighted by atomic mass is 16.6. The van der Waals surface area contributed by atoms with E-state index in [0.717, 1.165) is 5.57 Å². The van der Waals surface area contributed by atoms with Crippen LogP contribution in [0.5, 0.6) is 0 Å². The Morgan fingerprint density at radius 2 is 2.05 bits per heavy atom. The topological polar surface area (TPSA) is 84.3 Å². The molecule has 0 bridgehead atoms. The molecule has 1 aromatic carbocycles. The number of rotatable bonds is 4. The van der Waals surface area contributed by atoms with E-state index < -0.39 is 4.92 Å². The average Bonchev–Trinajstić information content (AvgIpc) is 2.90. The van der Waals surface area contributed by atoms with Crippen molar-refractivity contribution in [2.45, 2.75) is 0 Å². The van der Waals surface area contributed by atoms with Gasteiger partial charge >= 0.3 is 6.03 Å². The van der Waals surface area contributed by atoms with Crippen molar-refractivity contribution in [1.82, 2.24) is 5.32 Å².